The predicted octanol–water partition coefficient (Wildman–Crippen LogP) is 1.89. The van der Waals surface area contributed by atoms with Gasteiger partial charge in [-0.3, -0.25) is 4.79 Å². The van der Waals surface area contributed by atoms with Crippen LogP contribution in [0.3, 0.4) is 0 Å². The van der Waals surface area contributed by atoms with Crippen molar-refractivity contribution in [2.75, 3.05) is 19.8 Å². The van der Waals surface area contributed by atoms with Gasteiger partial charge in [0.15, 0.2) is 0 Å². The van der Waals surface area contributed by atoms with Gasteiger partial charge in [0.05, 0.1) is 0 Å². The minimum Gasteiger partial charge on any atom is -0.480 e. The first kappa shape index (κ1) is 16.2. The van der Waals surface area contributed by atoms with Crippen molar-refractivity contribution in [3.8, 4) is 0 Å². The Bertz CT molecular complexity index is 227. The average molecular weight is 253 g/mol. The van der Waals surface area contributed by atoms with Crippen LogP contribution in [0, 0.1) is 0 Å². The van der Waals surface area contributed by atoms with Crippen LogP contribution < -0.4 is 5.32 Å². The Morgan fingerprint density at radius 3 is 2.65 bits per heavy atom. The van der Waals surface area contributed by atoms with Crippen molar-refractivity contribution >= 4 is 5.97 Å². The number of ether oxygens (including phenoxy) is 1. The van der Waals surface area contributed by atoms with Gasteiger partial charge in [0.1, 0.15) is 12.1 Å². The smallest absolute Gasteiger partial charge is 0.323 e. The molecule has 17 heavy (non-hydrogen) atoms. The molecular formula is C11H21F2NO3. The number of hydrogen-bond acceptors (Lipinski definition) is 3. The lowest BCUT2D eigenvalue weighted by Gasteiger charge is -2.26. The van der Waals surface area contributed by atoms with E-state index in [4.69, 9.17) is 9.84 Å². The molecule has 1 unspecified atom stereocenters. The van der Waals surface area contributed by atoms with Crippen LogP contribution in [0.2, 0.25) is 0 Å². The fourth-order valence-electron chi connectivity index (χ4n) is 1.37. The third kappa shape index (κ3) is 7.23. The minimum atomic E-state index is -2.47. The number of nitrogens with one attached hydrogen (secondary N) is 1. The van der Waals surface area contributed by atoms with Gasteiger partial charge in [-0.05, 0) is 32.7 Å². The highest BCUT2D eigenvalue weighted by Gasteiger charge is 2.31. The van der Waals surface area contributed by atoms with Gasteiger partial charge in [-0.15, -0.1) is 0 Å². The lowest BCUT2D eigenvalue weighted by Crippen LogP contribution is -2.49. The standard InChI is InChI=1S/C11H21F2NO3/c1-3-6-14-11(2,10(15)16)5-4-7-17-8-9(12)13/h9,14H,3-8H2,1-2H3,(H,15,16). The second kappa shape index (κ2) is 8.36. The van der Waals surface area contributed by atoms with E-state index in [2.05, 4.69) is 5.32 Å². The van der Waals surface area contributed by atoms with E-state index < -0.39 is 24.5 Å². The monoisotopic (exact) mass is 253 g/mol. The molecule has 0 amide bonds. The van der Waals surface area contributed by atoms with Crippen molar-refractivity contribution in [1.82, 2.24) is 5.32 Å². The zero-order chi connectivity index (χ0) is 13.3. The van der Waals surface area contributed by atoms with Crippen molar-refractivity contribution in [3.05, 3.63) is 0 Å². The molecule has 0 aromatic carbocycles. The van der Waals surface area contributed by atoms with Gasteiger partial charge in [-0.1, -0.05) is 6.92 Å². The Morgan fingerprint density at radius 2 is 2.18 bits per heavy atom. The molecule has 0 aromatic rings. The first-order chi connectivity index (χ1) is 7.92. The number of carbonyl (C=O) groups is 1. The number of aliphatic carboxylic acids is 1. The van der Waals surface area contributed by atoms with Crippen molar-refractivity contribution < 1.29 is 23.4 Å². The van der Waals surface area contributed by atoms with Crippen LogP contribution in [-0.4, -0.2) is 42.8 Å². The average Bonchev–Trinajstić information content (AvgIpc) is 2.25. The van der Waals surface area contributed by atoms with Gasteiger partial charge in [-0.2, -0.15) is 0 Å². The lowest BCUT2D eigenvalue weighted by molar-refractivity contribution is -0.144. The zero-order valence-corrected chi connectivity index (χ0v) is 10.3. The SMILES string of the molecule is CCCNC(C)(CCCOCC(F)F)C(=O)O. The number of hydrogen-bond donors (Lipinski definition) is 2. The number of rotatable bonds is 10. The fourth-order valence-corrected chi connectivity index (χ4v) is 1.37. The quantitative estimate of drug-likeness (QED) is 0.584. The summed E-state index contributed by atoms with van der Waals surface area (Å²) < 4.78 is 28.2. The Balaban J connectivity index is 3.88. The van der Waals surface area contributed by atoms with Crippen molar-refractivity contribution in [3.63, 3.8) is 0 Å². The molecule has 0 rings (SSSR count). The van der Waals surface area contributed by atoms with E-state index in [-0.39, 0.29) is 6.61 Å². The van der Waals surface area contributed by atoms with E-state index in [1.54, 1.807) is 6.92 Å². The summed E-state index contributed by atoms with van der Waals surface area (Å²) >= 11 is 0. The summed E-state index contributed by atoms with van der Waals surface area (Å²) in [5.41, 5.74) is -1.01. The van der Waals surface area contributed by atoms with Crippen molar-refractivity contribution in [2.45, 2.75) is 45.1 Å². The molecule has 0 aliphatic rings. The van der Waals surface area contributed by atoms with Gasteiger partial charge in [0, 0.05) is 6.61 Å². The molecule has 0 saturated carbocycles. The third-order valence-electron chi connectivity index (χ3n) is 2.45. The second-order valence-electron chi connectivity index (χ2n) is 4.13. The molecule has 0 aliphatic heterocycles. The number of halogens is 2. The van der Waals surface area contributed by atoms with Crippen LogP contribution in [0.1, 0.15) is 33.1 Å². The van der Waals surface area contributed by atoms with Crippen LogP contribution in [0.25, 0.3) is 0 Å². The molecule has 6 heteroatoms. The molecule has 0 spiro atoms. The third-order valence-corrected chi connectivity index (χ3v) is 2.45. The number of alkyl halides is 2. The Morgan fingerprint density at radius 1 is 1.53 bits per heavy atom. The van der Waals surface area contributed by atoms with Crippen LogP contribution >= 0.6 is 0 Å². The lowest BCUT2D eigenvalue weighted by atomic mass is 9.96. The topological polar surface area (TPSA) is 58.6 Å². The van der Waals surface area contributed by atoms with E-state index in [1.807, 2.05) is 6.92 Å². The minimum absolute atomic E-state index is 0.154. The summed E-state index contributed by atoms with van der Waals surface area (Å²) in [4.78, 5) is 11.1. The maximum absolute atomic E-state index is 11.8. The molecule has 0 saturated heterocycles. The fraction of sp³-hybridized carbons (Fsp3) is 0.909. The highest BCUT2D eigenvalue weighted by Crippen LogP contribution is 2.13. The van der Waals surface area contributed by atoms with Crippen LogP contribution in [0.4, 0.5) is 8.78 Å². The summed E-state index contributed by atoms with van der Waals surface area (Å²) in [5, 5.41) is 12.0. The molecule has 0 heterocycles. The van der Waals surface area contributed by atoms with Gasteiger partial charge < -0.3 is 15.2 Å². The number of carboxylic acid groups (broad SMARTS) is 1. The van der Waals surface area contributed by atoms with Crippen molar-refractivity contribution in [2.24, 2.45) is 0 Å². The summed E-state index contributed by atoms with van der Waals surface area (Å²) in [7, 11) is 0. The molecule has 102 valence electrons. The molecule has 4 nitrogen and oxygen atoms in total. The molecule has 1 atom stereocenters. The highest BCUT2D eigenvalue weighted by atomic mass is 19.3. The molecule has 0 fully saturated rings. The molecule has 0 aromatic heterocycles. The van der Waals surface area contributed by atoms with Crippen LogP contribution in [0.15, 0.2) is 0 Å². The molecule has 0 bridgehead atoms. The largest absolute Gasteiger partial charge is 0.480 e. The molecular weight excluding hydrogens is 232 g/mol. The zero-order valence-electron chi connectivity index (χ0n) is 10.3. The Hall–Kier alpha value is -0.750. The highest BCUT2D eigenvalue weighted by molar-refractivity contribution is 5.78. The van der Waals surface area contributed by atoms with Gasteiger partial charge in [0.25, 0.3) is 6.43 Å². The number of carboxylic acids is 1. The van der Waals surface area contributed by atoms with Gasteiger partial charge in [0.2, 0.25) is 0 Å². The summed E-state index contributed by atoms with van der Waals surface area (Å²) in [5.74, 6) is -0.931. The molecule has 0 aliphatic carbocycles. The van der Waals surface area contributed by atoms with E-state index in [0.29, 0.717) is 19.4 Å². The first-order valence-electron chi connectivity index (χ1n) is 5.76. The van der Waals surface area contributed by atoms with Crippen LogP contribution in [-0.2, 0) is 9.53 Å². The van der Waals surface area contributed by atoms with E-state index in [0.717, 1.165) is 6.42 Å². The summed E-state index contributed by atoms with van der Waals surface area (Å²) in [6.07, 6.45) is -0.846. The van der Waals surface area contributed by atoms with Gasteiger partial charge >= 0.3 is 5.97 Å². The maximum Gasteiger partial charge on any atom is 0.323 e. The second-order valence-corrected chi connectivity index (χ2v) is 4.13. The summed E-state index contributed by atoms with van der Waals surface area (Å²) in [6, 6.07) is 0. The van der Waals surface area contributed by atoms with Crippen LogP contribution in [0.5, 0.6) is 0 Å². The summed E-state index contributed by atoms with van der Waals surface area (Å²) in [6.45, 7) is 3.72. The normalized spacial score (nSPS) is 14.9. The molecule has 0 radical (unpaired) electrons. The van der Waals surface area contributed by atoms with Crippen molar-refractivity contribution in [1.29, 1.82) is 0 Å². The Kier molecular flexibility index (Phi) is 7.99. The van der Waals surface area contributed by atoms with E-state index >= 15 is 0 Å². The first-order valence-corrected chi connectivity index (χ1v) is 5.76. The molecule has 2 N–H and O–H groups in total. The maximum atomic E-state index is 11.8. The van der Waals surface area contributed by atoms with E-state index in [1.165, 1.54) is 0 Å². The van der Waals surface area contributed by atoms with Gasteiger partial charge in [-0.25, -0.2) is 8.78 Å². The van der Waals surface area contributed by atoms with E-state index in [9.17, 15) is 13.6 Å². The predicted molar refractivity (Wildman–Crippen MR) is 60.4 cm³/mol. The Labute approximate surface area is 100 Å².